The molecule has 0 spiro atoms. The fraction of sp³-hybridized carbons (Fsp3) is 0.176. The average molecular weight is 330 g/mol. The van der Waals surface area contributed by atoms with Crippen molar-refractivity contribution in [3.05, 3.63) is 58.1 Å². The average Bonchev–Trinajstić information content (AvgIpc) is 2.47. The highest BCUT2D eigenvalue weighted by atomic mass is 79.9. The van der Waals surface area contributed by atoms with Crippen molar-refractivity contribution in [1.82, 2.24) is 0 Å². The Morgan fingerprint density at radius 3 is 2.80 bits per heavy atom. The van der Waals surface area contributed by atoms with E-state index in [0.717, 1.165) is 27.7 Å². The van der Waals surface area contributed by atoms with E-state index >= 15 is 0 Å². The second kappa shape index (κ2) is 6.49. The molecule has 0 heterocycles. The summed E-state index contributed by atoms with van der Waals surface area (Å²) in [5, 5.41) is 13.4. The molecule has 2 aromatic carbocycles. The third-order valence-electron chi connectivity index (χ3n) is 3.14. The quantitative estimate of drug-likeness (QED) is 0.797. The van der Waals surface area contributed by atoms with Crippen molar-refractivity contribution in [2.75, 3.05) is 5.32 Å². The van der Waals surface area contributed by atoms with Gasteiger partial charge in [0.2, 0.25) is 0 Å². The van der Waals surface area contributed by atoms with Gasteiger partial charge in [-0.2, -0.15) is 0 Å². The largest absolute Gasteiger partial charge is 0.508 e. The number of phenolic OH excluding ortho intramolecular Hbond substituents is 1. The number of halogens is 1. The van der Waals surface area contributed by atoms with Crippen molar-refractivity contribution in [3.63, 3.8) is 0 Å². The minimum atomic E-state index is 0.0283. The summed E-state index contributed by atoms with van der Waals surface area (Å²) in [6, 6.07) is 13.2. The van der Waals surface area contributed by atoms with Crippen molar-refractivity contribution in [1.29, 1.82) is 0 Å². The van der Waals surface area contributed by atoms with E-state index in [2.05, 4.69) is 34.1 Å². The number of rotatable bonds is 4. The molecule has 1 atom stereocenters. The Hall–Kier alpha value is -1.92. The number of phenols is 1. The summed E-state index contributed by atoms with van der Waals surface area (Å²) in [6.07, 6.45) is 6.26. The number of terminal acetylenes is 1. The Balaban J connectivity index is 2.29. The highest BCUT2D eigenvalue weighted by Gasteiger charge is 2.14. The Bertz CT molecular complexity index is 646. The van der Waals surface area contributed by atoms with Crippen molar-refractivity contribution < 1.29 is 5.11 Å². The lowest BCUT2D eigenvalue weighted by molar-refractivity contribution is 0.462. The van der Waals surface area contributed by atoms with Gasteiger partial charge in [0.25, 0.3) is 0 Å². The van der Waals surface area contributed by atoms with Crippen LogP contribution in [-0.4, -0.2) is 5.11 Å². The molecule has 2 rings (SSSR count). The van der Waals surface area contributed by atoms with Gasteiger partial charge >= 0.3 is 0 Å². The Kier molecular flexibility index (Phi) is 4.70. The monoisotopic (exact) mass is 329 g/mol. The molecule has 0 amide bonds. The van der Waals surface area contributed by atoms with Crippen LogP contribution in [0.25, 0.3) is 0 Å². The third-order valence-corrected chi connectivity index (χ3v) is 3.64. The van der Waals surface area contributed by atoms with Crippen LogP contribution in [0.4, 0.5) is 5.69 Å². The van der Waals surface area contributed by atoms with E-state index in [1.54, 1.807) is 6.07 Å². The molecule has 0 aliphatic heterocycles. The van der Waals surface area contributed by atoms with E-state index < -0.39 is 0 Å². The number of benzene rings is 2. The first-order chi connectivity index (χ1) is 9.63. The molecule has 0 aliphatic carbocycles. The van der Waals surface area contributed by atoms with Crippen molar-refractivity contribution in [2.24, 2.45) is 0 Å². The fourth-order valence-corrected chi connectivity index (χ4v) is 2.48. The number of hydrogen-bond donors (Lipinski definition) is 2. The normalized spacial score (nSPS) is 11.7. The second-order valence-electron chi connectivity index (χ2n) is 4.53. The second-order valence-corrected chi connectivity index (χ2v) is 5.45. The Morgan fingerprint density at radius 2 is 2.10 bits per heavy atom. The summed E-state index contributed by atoms with van der Waals surface area (Å²) >= 11 is 3.44. The molecule has 2 N–H and O–H groups in total. The Labute approximate surface area is 128 Å². The lowest BCUT2D eigenvalue weighted by atomic mass is 10.0. The molecule has 0 saturated heterocycles. The predicted molar refractivity (Wildman–Crippen MR) is 86.8 cm³/mol. The summed E-state index contributed by atoms with van der Waals surface area (Å²) in [5.41, 5.74) is 2.66. The first-order valence-electron chi connectivity index (χ1n) is 6.45. The standard InChI is InChI=1S/C17H16BrNO/c1-3-12-6-5-7-14(10-12)19-16(4-2)15-11-13(18)8-9-17(15)20/h1,5-11,16,19-20H,4H2,2H3. The molecule has 1 unspecified atom stereocenters. The maximum absolute atomic E-state index is 10.0. The predicted octanol–water partition coefficient (Wildman–Crippen LogP) is 4.70. The smallest absolute Gasteiger partial charge is 0.120 e. The van der Waals surface area contributed by atoms with Crippen molar-refractivity contribution in [3.8, 4) is 18.1 Å². The maximum Gasteiger partial charge on any atom is 0.120 e. The molecule has 3 heteroatoms. The highest BCUT2D eigenvalue weighted by molar-refractivity contribution is 9.10. The van der Waals surface area contributed by atoms with E-state index in [1.165, 1.54) is 0 Å². The van der Waals surface area contributed by atoms with Gasteiger partial charge in [-0.15, -0.1) is 6.42 Å². The molecule has 0 aliphatic rings. The minimum absolute atomic E-state index is 0.0283. The van der Waals surface area contributed by atoms with Gasteiger partial charge in [-0.1, -0.05) is 34.8 Å². The molecule has 2 aromatic rings. The topological polar surface area (TPSA) is 32.3 Å². The van der Waals surface area contributed by atoms with Gasteiger partial charge in [0.1, 0.15) is 5.75 Å². The van der Waals surface area contributed by atoms with E-state index in [4.69, 9.17) is 6.42 Å². The van der Waals surface area contributed by atoms with Gasteiger partial charge in [-0.3, -0.25) is 0 Å². The SMILES string of the molecule is C#Cc1cccc(NC(CC)c2cc(Br)ccc2O)c1. The van der Waals surface area contributed by atoms with Crippen LogP contribution in [0.15, 0.2) is 46.9 Å². The van der Waals surface area contributed by atoms with Crippen LogP contribution in [0.5, 0.6) is 5.75 Å². The molecule has 102 valence electrons. The van der Waals surface area contributed by atoms with Crippen LogP contribution in [0.2, 0.25) is 0 Å². The molecule has 0 fully saturated rings. The highest BCUT2D eigenvalue weighted by Crippen LogP contribution is 2.31. The van der Waals surface area contributed by atoms with Crippen LogP contribution >= 0.6 is 15.9 Å². The lowest BCUT2D eigenvalue weighted by Gasteiger charge is -2.20. The molecule has 2 nitrogen and oxygen atoms in total. The first-order valence-corrected chi connectivity index (χ1v) is 7.25. The van der Waals surface area contributed by atoms with Gasteiger partial charge in [0.15, 0.2) is 0 Å². The molecule has 0 bridgehead atoms. The third kappa shape index (κ3) is 3.34. The zero-order valence-electron chi connectivity index (χ0n) is 11.2. The lowest BCUT2D eigenvalue weighted by Crippen LogP contribution is -2.10. The molecule has 0 aromatic heterocycles. The summed E-state index contributed by atoms with van der Waals surface area (Å²) in [6.45, 7) is 2.07. The van der Waals surface area contributed by atoms with Gasteiger partial charge in [-0.25, -0.2) is 0 Å². The van der Waals surface area contributed by atoms with Gasteiger partial charge < -0.3 is 10.4 Å². The molecular formula is C17H16BrNO. The molecule has 0 saturated carbocycles. The molecule has 0 radical (unpaired) electrons. The van der Waals surface area contributed by atoms with Crippen LogP contribution < -0.4 is 5.32 Å². The van der Waals surface area contributed by atoms with Crippen molar-refractivity contribution >= 4 is 21.6 Å². The molecule has 20 heavy (non-hydrogen) atoms. The zero-order valence-corrected chi connectivity index (χ0v) is 12.8. The summed E-state index contributed by atoms with van der Waals surface area (Å²) in [5.74, 6) is 2.91. The molecular weight excluding hydrogens is 314 g/mol. The van der Waals surface area contributed by atoms with Gasteiger partial charge in [-0.05, 0) is 42.8 Å². The van der Waals surface area contributed by atoms with E-state index in [9.17, 15) is 5.11 Å². The van der Waals surface area contributed by atoms with Crippen LogP contribution in [0.1, 0.15) is 30.5 Å². The Morgan fingerprint density at radius 1 is 1.30 bits per heavy atom. The summed E-state index contributed by atoms with van der Waals surface area (Å²) < 4.78 is 0.947. The van der Waals surface area contributed by atoms with Crippen molar-refractivity contribution in [2.45, 2.75) is 19.4 Å². The van der Waals surface area contributed by atoms with E-state index in [-0.39, 0.29) is 6.04 Å². The number of anilines is 1. The number of nitrogens with one attached hydrogen (secondary N) is 1. The summed E-state index contributed by atoms with van der Waals surface area (Å²) in [7, 11) is 0. The summed E-state index contributed by atoms with van der Waals surface area (Å²) in [4.78, 5) is 0. The zero-order chi connectivity index (χ0) is 14.5. The first kappa shape index (κ1) is 14.5. The van der Waals surface area contributed by atoms with E-state index in [0.29, 0.717) is 5.75 Å². The fourth-order valence-electron chi connectivity index (χ4n) is 2.10. The van der Waals surface area contributed by atoms with Gasteiger partial charge in [0, 0.05) is 21.3 Å². The number of aromatic hydroxyl groups is 1. The maximum atomic E-state index is 10.0. The van der Waals surface area contributed by atoms with Crippen LogP contribution in [0.3, 0.4) is 0 Å². The van der Waals surface area contributed by atoms with Gasteiger partial charge in [0.05, 0.1) is 6.04 Å². The van der Waals surface area contributed by atoms with E-state index in [1.807, 2.05) is 36.4 Å². The number of hydrogen-bond acceptors (Lipinski definition) is 2. The van der Waals surface area contributed by atoms with Crippen LogP contribution in [-0.2, 0) is 0 Å². The van der Waals surface area contributed by atoms with Crippen LogP contribution in [0, 0.1) is 12.3 Å². The minimum Gasteiger partial charge on any atom is -0.508 e.